The monoisotopic (exact) mass is 322 g/mol. The molecule has 1 N–H and O–H groups in total. The van der Waals surface area contributed by atoms with E-state index in [-0.39, 0.29) is 6.61 Å². The Labute approximate surface area is 138 Å². The first-order valence-electron chi connectivity index (χ1n) is 7.17. The van der Waals surface area contributed by atoms with Crippen LogP contribution in [0.4, 0.5) is 0 Å². The topological polar surface area (TPSA) is 98.1 Å². The van der Waals surface area contributed by atoms with Crippen molar-refractivity contribution in [3.8, 4) is 22.8 Å². The van der Waals surface area contributed by atoms with Gasteiger partial charge in [-0.25, -0.2) is 4.79 Å². The molecule has 24 heavy (non-hydrogen) atoms. The minimum atomic E-state index is -0.402. The third-order valence-corrected chi connectivity index (χ3v) is 3.44. The lowest BCUT2D eigenvalue weighted by molar-refractivity contribution is 0.0601. The van der Waals surface area contributed by atoms with Crippen molar-refractivity contribution in [2.24, 2.45) is 0 Å². The Kier molecular flexibility index (Phi) is 4.53. The Morgan fingerprint density at radius 3 is 1.75 bits per heavy atom. The number of rotatable bonds is 4. The van der Waals surface area contributed by atoms with Crippen molar-refractivity contribution in [3.63, 3.8) is 0 Å². The Balaban J connectivity index is 1.82. The summed E-state index contributed by atoms with van der Waals surface area (Å²) in [5, 5.41) is 25.3. The summed E-state index contributed by atoms with van der Waals surface area (Å²) in [6.45, 7) is -0.0157. The molecule has 7 nitrogen and oxygen atoms in total. The van der Waals surface area contributed by atoms with Crippen molar-refractivity contribution >= 4 is 5.97 Å². The molecule has 1 aromatic heterocycles. The van der Waals surface area contributed by atoms with Crippen molar-refractivity contribution < 1.29 is 14.6 Å². The zero-order valence-corrected chi connectivity index (χ0v) is 12.9. The molecule has 0 saturated heterocycles. The summed E-state index contributed by atoms with van der Waals surface area (Å²) in [4.78, 5) is 11.4. The van der Waals surface area contributed by atoms with Crippen LogP contribution in [-0.2, 0) is 11.3 Å². The first-order valence-corrected chi connectivity index (χ1v) is 7.17. The standard InChI is InChI=1S/C17H14N4O3/c1-24-17(23)14-8-6-13(7-9-14)16-20-18-15(19-21-16)12-4-2-11(10-22)3-5-12/h2-9,22H,10H2,1H3. The van der Waals surface area contributed by atoms with E-state index in [0.29, 0.717) is 22.8 Å². The quantitative estimate of drug-likeness (QED) is 0.732. The maximum absolute atomic E-state index is 11.4. The molecule has 7 heteroatoms. The van der Waals surface area contributed by atoms with E-state index in [4.69, 9.17) is 5.11 Å². The van der Waals surface area contributed by atoms with E-state index < -0.39 is 5.97 Å². The van der Waals surface area contributed by atoms with E-state index in [2.05, 4.69) is 25.1 Å². The Hall–Kier alpha value is -3.19. The van der Waals surface area contributed by atoms with Gasteiger partial charge in [0.1, 0.15) is 0 Å². The molecule has 1 heterocycles. The summed E-state index contributed by atoms with van der Waals surface area (Å²) in [7, 11) is 1.33. The molecule has 3 rings (SSSR count). The highest BCUT2D eigenvalue weighted by Crippen LogP contribution is 2.17. The average Bonchev–Trinajstić information content (AvgIpc) is 2.68. The number of ether oxygens (including phenoxy) is 1. The maximum atomic E-state index is 11.4. The second-order valence-corrected chi connectivity index (χ2v) is 4.97. The highest BCUT2D eigenvalue weighted by Gasteiger charge is 2.09. The highest BCUT2D eigenvalue weighted by atomic mass is 16.5. The summed E-state index contributed by atoms with van der Waals surface area (Å²) in [5.74, 6) is 0.358. The van der Waals surface area contributed by atoms with Crippen molar-refractivity contribution in [2.45, 2.75) is 6.61 Å². The van der Waals surface area contributed by atoms with Crippen LogP contribution in [0, 0.1) is 0 Å². The Bertz CT molecular complexity index is 831. The van der Waals surface area contributed by atoms with Crippen LogP contribution >= 0.6 is 0 Å². The molecule has 0 bridgehead atoms. The number of carbonyl (C=O) groups excluding carboxylic acids is 1. The largest absolute Gasteiger partial charge is 0.465 e. The molecule has 0 atom stereocenters. The number of hydrogen-bond donors (Lipinski definition) is 1. The van der Waals surface area contributed by atoms with Crippen molar-refractivity contribution in [2.75, 3.05) is 7.11 Å². The molecule has 0 unspecified atom stereocenters. The molecule has 2 aromatic carbocycles. The number of nitrogens with zero attached hydrogens (tertiary/aromatic N) is 4. The van der Waals surface area contributed by atoms with Crippen molar-refractivity contribution in [1.29, 1.82) is 0 Å². The SMILES string of the molecule is COC(=O)c1ccc(-c2nnc(-c3ccc(CO)cc3)nn2)cc1. The van der Waals surface area contributed by atoms with Gasteiger partial charge in [0, 0.05) is 11.1 Å². The molecule has 0 radical (unpaired) electrons. The number of esters is 1. The van der Waals surface area contributed by atoms with Gasteiger partial charge < -0.3 is 9.84 Å². The Morgan fingerprint density at radius 2 is 1.33 bits per heavy atom. The molecule has 0 aliphatic heterocycles. The van der Waals surface area contributed by atoms with E-state index in [9.17, 15) is 4.79 Å². The van der Waals surface area contributed by atoms with Crippen LogP contribution in [0.3, 0.4) is 0 Å². The van der Waals surface area contributed by atoms with Gasteiger partial charge in [0.15, 0.2) is 0 Å². The second kappa shape index (κ2) is 6.93. The molecular formula is C17H14N4O3. The van der Waals surface area contributed by atoms with Gasteiger partial charge in [0.2, 0.25) is 11.6 Å². The molecule has 0 aliphatic carbocycles. The first kappa shape index (κ1) is 15.7. The third-order valence-electron chi connectivity index (χ3n) is 3.44. The fourth-order valence-corrected chi connectivity index (χ4v) is 2.09. The summed E-state index contributed by atoms with van der Waals surface area (Å²) in [6, 6.07) is 13.9. The Morgan fingerprint density at radius 1 is 0.875 bits per heavy atom. The van der Waals surface area contributed by atoms with E-state index in [1.807, 2.05) is 0 Å². The zero-order valence-electron chi connectivity index (χ0n) is 12.9. The maximum Gasteiger partial charge on any atom is 0.337 e. The number of aliphatic hydroxyl groups excluding tert-OH is 1. The number of aromatic nitrogens is 4. The predicted molar refractivity (Wildman–Crippen MR) is 85.8 cm³/mol. The normalized spacial score (nSPS) is 10.4. The van der Waals surface area contributed by atoms with Crippen LogP contribution in [0.5, 0.6) is 0 Å². The van der Waals surface area contributed by atoms with Crippen LogP contribution in [0.15, 0.2) is 48.5 Å². The summed E-state index contributed by atoms with van der Waals surface area (Å²) >= 11 is 0. The lowest BCUT2D eigenvalue weighted by Gasteiger charge is -2.03. The van der Waals surface area contributed by atoms with Gasteiger partial charge in [-0.3, -0.25) is 0 Å². The smallest absolute Gasteiger partial charge is 0.337 e. The number of carbonyl (C=O) groups is 1. The van der Waals surface area contributed by atoms with Gasteiger partial charge in [-0.15, -0.1) is 20.4 Å². The van der Waals surface area contributed by atoms with Gasteiger partial charge in [-0.05, 0) is 17.7 Å². The molecule has 0 aliphatic rings. The molecular weight excluding hydrogens is 308 g/mol. The van der Waals surface area contributed by atoms with Gasteiger partial charge in [0.05, 0.1) is 19.3 Å². The number of benzene rings is 2. The fraction of sp³-hybridized carbons (Fsp3) is 0.118. The number of hydrogen-bond acceptors (Lipinski definition) is 7. The average molecular weight is 322 g/mol. The fourth-order valence-electron chi connectivity index (χ4n) is 2.09. The molecule has 120 valence electrons. The van der Waals surface area contributed by atoms with Gasteiger partial charge in [-0.2, -0.15) is 0 Å². The third kappa shape index (κ3) is 3.26. The minimum Gasteiger partial charge on any atom is -0.465 e. The van der Waals surface area contributed by atoms with Crippen LogP contribution in [0.2, 0.25) is 0 Å². The molecule has 0 saturated carbocycles. The molecule has 0 amide bonds. The first-order chi connectivity index (χ1) is 11.7. The lowest BCUT2D eigenvalue weighted by atomic mass is 10.1. The molecule has 0 spiro atoms. The highest BCUT2D eigenvalue weighted by molar-refractivity contribution is 5.89. The van der Waals surface area contributed by atoms with E-state index >= 15 is 0 Å². The van der Waals surface area contributed by atoms with E-state index in [0.717, 1.165) is 11.1 Å². The van der Waals surface area contributed by atoms with Gasteiger partial charge >= 0.3 is 5.97 Å². The van der Waals surface area contributed by atoms with Gasteiger partial charge in [0.25, 0.3) is 0 Å². The second-order valence-electron chi connectivity index (χ2n) is 4.97. The van der Waals surface area contributed by atoms with Crippen LogP contribution in [0.25, 0.3) is 22.8 Å². The van der Waals surface area contributed by atoms with E-state index in [1.54, 1.807) is 48.5 Å². The van der Waals surface area contributed by atoms with Crippen LogP contribution in [-0.4, -0.2) is 38.6 Å². The summed E-state index contributed by atoms with van der Waals surface area (Å²) in [6.07, 6.45) is 0. The zero-order chi connectivity index (χ0) is 16.9. The van der Waals surface area contributed by atoms with Gasteiger partial charge in [-0.1, -0.05) is 36.4 Å². The lowest BCUT2D eigenvalue weighted by Crippen LogP contribution is -2.02. The number of aliphatic hydroxyl groups is 1. The van der Waals surface area contributed by atoms with Crippen molar-refractivity contribution in [3.05, 3.63) is 59.7 Å². The van der Waals surface area contributed by atoms with Crippen molar-refractivity contribution in [1.82, 2.24) is 20.4 Å². The van der Waals surface area contributed by atoms with E-state index in [1.165, 1.54) is 7.11 Å². The van der Waals surface area contributed by atoms with Crippen LogP contribution < -0.4 is 0 Å². The minimum absolute atomic E-state index is 0.0157. The van der Waals surface area contributed by atoms with Crippen LogP contribution in [0.1, 0.15) is 15.9 Å². The summed E-state index contributed by atoms with van der Waals surface area (Å²) in [5.41, 5.74) is 2.72. The predicted octanol–water partition coefficient (Wildman–Crippen LogP) is 1.88. The number of methoxy groups -OCH3 is 1. The summed E-state index contributed by atoms with van der Waals surface area (Å²) < 4.78 is 4.65. The molecule has 0 fully saturated rings. The molecule has 3 aromatic rings.